The van der Waals surface area contributed by atoms with E-state index in [0.717, 1.165) is 23.6 Å². The predicted molar refractivity (Wildman–Crippen MR) is 141 cm³/mol. The number of ether oxygens (including phenoxy) is 2. The standard InChI is InChI=1S/C26H36N2O5.C2HF3O2/c1-18(2)33-23-10-6-20(7-11-23)26(31)24(17-28-14-12-21(29)16-28)27-25(30)13-15-32-22-8-4-19(3)5-9-22;3-2(4,5)1(6)7/h4-11,18,21,24,26,29,31H,12-17H2,1-3H3,(H,27,30);(H,6,7)/t21-,24+,26+;/m0./s1. The number of rotatable bonds is 11. The van der Waals surface area contributed by atoms with Crippen LogP contribution in [0.5, 0.6) is 11.5 Å². The maximum absolute atomic E-state index is 12.7. The van der Waals surface area contributed by atoms with E-state index in [1.54, 1.807) is 0 Å². The molecule has 40 heavy (non-hydrogen) atoms. The number of nitrogens with one attached hydrogen (secondary N) is 1. The third-order valence-corrected chi connectivity index (χ3v) is 5.88. The summed E-state index contributed by atoms with van der Waals surface area (Å²) in [6, 6.07) is 14.5. The fourth-order valence-electron chi connectivity index (χ4n) is 3.90. The minimum absolute atomic E-state index is 0.0662. The van der Waals surface area contributed by atoms with Crippen LogP contribution in [-0.4, -0.2) is 82.8 Å². The number of carbonyl (C=O) groups is 2. The van der Waals surface area contributed by atoms with E-state index in [1.807, 2.05) is 69.3 Å². The quantitative estimate of drug-likeness (QED) is 0.323. The maximum atomic E-state index is 12.7. The Balaban J connectivity index is 0.000000708. The fourth-order valence-corrected chi connectivity index (χ4v) is 3.90. The number of likely N-dealkylation sites (tertiary alicyclic amines) is 1. The molecule has 0 spiro atoms. The second kappa shape index (κ2) is 15.4. The van der Waals surface area contributed by atoms with Crippen molar-refractivity contribution in [2.75, 3.05) is 26.2 Å². The normalized spacial score (nSPS) is 17.0. The molecule has 0 aliphatic carbocycles. The number of carboxylic acid groups (broad SMARTS) is 1. The Bertz CT molecular complexity index is 1060. The maximum Gasteiger partial charge on any atom is 0.490 e. The minimum atomic E-state index is -5.08. The lowest BCUT2D eigenvalue weighted by Crippen LogP contribution is -2.47. The molecule has 9 nitrogen and oxygen atoms in total. The fraction of sp³-hybridized carbons (Fsp3) is 0.500. The molecule has 12 heteroatoms. The summed E-state index contributed by atoms with van der Waals surface area (Å²) in [5.74, 6) is -1.49. The Kier molecular flexibility index (Phi) is 12.7. The van der Waals surface area contributed by atoms with Crippen LogP contribution >= 0.6 is 0 Å². The highest BCUT2D eigenvalue weighted by Crippen LogP contribution is 2.23. The highest BCUT2D eigenvalue weighted by molar-refractivity contribution is 5.76. The second-order valence-corrected chi connectivity index (χ2v) is 9.77. The molecule has 2 aromatic carbocycles. The van der Waals surface area contributed by atoms with E-state index in [1.165, 1.54) is 0 Å². The predicted octanol–water partition coefficient (Wildman–Crippen LogP) is 3.47. The van der Waals surface area contributed by atoms with Crippen molar-refractivity contribution in [2.24, 2.45) is 0 Å². The topological polar surface area (TPSA) is 129 Å². The Hall–Kier alpha value is -3.35. The number of β-amino-alcohol motifs (C(OH)–C–C–N with tert-alkyl or cyclic N) is 1. The number of hydrogen-bond acceptors (Lipinski definition) is 7. The van der Waals surface area contributed by atoms with Gasteiger partial charge in [-0.2, -0.15) is 13.2 Å². The third-order valence-electron chi connectivity index (χ3n) is 5.88. The molecule has 1 heterocycles. The molecule has 1 aliphatic heterocycles. The molecule has 1 fully saturated rings. The van der Waals surface area contributed by atoms with Gasteiger partial charge >= 0.3 is 12.1 Å². The number of halogens is 3. The SMILES string of the molecule is Cc1ccc(OCCC(=O)N[C@H](CN2CC[C@H](O)C2)[C@H](O)c2ccc(OC(C)C)cc2)cc1.O=C(O)C(F)(F)F. The molecule has 0 aromatic heterocycles. The number of aryl methyl sites for hydroxylation is 1. The van der Waals surface area contributed by atoms with Crippen LogP contribution < -0.4 is 14.8 Å². The van der Waals surface area contributed by atoms with E-state index in [0.29, 0.717) is 25.1 Å². The lowest BCUT2D eigenvalue weighted by atomic mass is 10.0. The van der Waals surface area contributed by atoms with Gasteiger partial charge in [-0.3, -0.25) is 9.69 Å². The lowest BCUT2D eigenvalue weighted by Gasteiger charge is -2.29. The number of aliphatic carboxylic acids is 1. The van der Waals surface area contributed by atoms with Crippen LogP contribution in [0.1, 0.15) is 43.9 Å². The van der Waals surface area contributed by atoms with Crippen molar-refractivity contribution in [3.8, 4) is 11.5 Å². The van der Waals surface area contributed by atoms with Crippen LogP contribution in [0.25, 0.3) is 0 Å². The van der Waals surface area contributed by atoms with Crippen molar-refractivity contribution in [3.63, 3.8) is 0 Å². The molecule has 1 saturated heterocycles. The first-order chi connectivity index (χ1) is 18.7. The Morgan fingerprint density at radius 1 is 1.07 bits per heavy atom. The van der Waals surface area contributed by atoms with Crippen LogP contribution in [0.3, 0.4) is 0 Å². The van der Waals surface area contributed by atoms with Gasteiger partial charge in [-0.25, -0.2) is 4.79 Å². The van der Waals surface area contributed by atoms with Gasteiger partial charge in [-0.15, -0.1) is 0 Å². The number of carboxylic acids is 1. The van der Waals surface area contributed by atoms with Gasteiger partial charge in [-0.05, 0) is 57.0 Å². The van der Waals surface area contributed by atoms with E-state index in [-0.39, 0.29) is 31.1 Å². The van der Waals surface area contributed by atoms with Crippen LogP contribution in [0.15, 0.2) is 48.5 Å². The molecule has 1 aliphatic rings. The van der Waals surface area contributed by atoms with E-state index >= 15 is 0 Å². The number of hydrogen-bond donors (Lipinski definition) is 4. The summed E-state index contributed by atoms with van der Waals surface area (Å²) in [7, 11) is 0. The molecule has 1 amide bonds. The number of benzene rings is 2. The smallest absolute Gasteiger partial charge is 0.490 e. The van der Waals surface area contributed by atoms with Crippen LogP contribution in [0.4, 0.5) is 13.2 Å². The van der Waals surface area contributed by atoms with Gasteiger partial charge in [0.1, 0.15) is 17.6 Å². The molecule has 2 aromatic rings. The van der Waals surface area contributed by atoms with Gasteiger partial charge in [0.05, 0.1) is 31.3 Å². The molecule has 0 saturated carbocycles. The first-order valence-electron chi connectivity index (χ1n) is 12.9. The first kappa shape index (κ1) is 32.9. The van der Waals surface area contributed by atoms with Gasteiger partial charge in [0.15, 0.2) is 0 Å². The van der Waals surface area contributed by atoms with Crippen molar-refractivity contribution < 1.29 is 47.6 Å². The number of nitrogens with zero attached hydrogens (tertiary/aromatic N) is 1. The van der Waals surface area contributed by atoms with Gasteiger partial charge in [0.25, 0.3) is 0 Å². The Morgan fingerprint density at radius 2 is 1.65 bits per heavy atom. The summed E-state index contributed by atoms with van der Waals surface area (Å²) in [6.07, 6.45) is -5.40. The molecule has 0 radical (unpaired) electrons. The van der Waals surface area contributed by atoms with Crippen molar-refractivity contribution in [1.82, 2.24) is 10.2 Å². The van der Waals surface area contributed by atoms with Crippen LogP contribution in [0, 0.1) is 6.92 Å². The van der Waals surface area contributed by atoms with Gasteiger partial charge in [0.2, 0.25) is 5.91 Å². The van der Waals surface area contributed by atoms with Crippen molar-refractivity contribution in [2.45, 2.75) is 64.1 Å². The summed E-state index contributed by atoms with van der Waals surface area (Å²) in [5, 5.41) is 31.1. The number of aliphatic hydroxyl groups is 2. The monoisotopic (exact) mass is 570 g/mol. The van der Waals surface area contributed by atoms with Crippen LogP contribution in [-0.2, 0) is 9.59 Å². The summed E-state index contributed by atoms with van der Waals surface area (Å²) < 4.78 is 43.1. The zero-order chi connectivity index (χ0) is 29.9. The average Bonchev–Trinajstić information content (AvgIpc) is 3.29. The Labute approximate surface area is 231 Å². The molecular weight excluding hydrogens is 533 g/mol. The number of amides is 1. The number of carbonyl (C=O) groups excluding carboxylic acids is 1. The second-order valence-electron chi connectivity index (χ2n) is 9.77. The zero-order valence-corrected chi connectivity index (χ0v) is 22.7. The van der Waals surface area contributed by atoms with Crippen molar-refractivity contribution in [1.29, 1.82) is 0 Å². The van der Waals surface area contributed by atoms with Gasteiger partial charge in [0, 0.05) is 19.6 Å². The summed E-state index contributed by atoms with van der Waals surface area (Å²) in [5.41, 5.74) is 1.85. The number of alkyl halides is 3. The lowest BCUT2D eigenvalue weighted by molar-refractivity contribution is -0.192. The highest BCUT2D eigenvalue weighted by Gasteiger charge is 2.38. The summed E-state index contributed by atoms with van der Waals surface area (Å²) in [6.45, 7) is 7.90. The molecular formula is C28H37F3N2O7. The molecule has 3 rings (SSSR count). The van der Waals surface area contributed by atoms with E-state index < -0.39 is 24.3 Å². The van der Waals surface area contributed by atoms with Crippen LogP contribution in [0.2, 0.25) is 0 Å². The van der Waals surface area contributed by atoms with Gasteiger partial charge in [-0.1, -0.05) is 29.8 Å². The summed E-state index contributed by atoms with van der Waals surface area (Å²) in [4.78, 5) is 23.6. The molecule has 0 bridgehead atoms. The third kappa shape index (κ3) is 11.8. The molecule has 0 unspecified atom stereocenters. The highest BCUT2D eigenvalue weighted by atomic mass is 19.4. The molecule has 4 N–H and O–H groups in total. The first-order valence-corrected chi connectivity index (χ1v) is 12.9. The van der Waals surface area contributed by atoms with Crippen molar-refractivity contribution in [3.05, 3.63) is 59.7 Å². The average molecular weight is 571 g/mol. The van der Waals surface area contributed by atoms with Crippen molar-refractivity contribution >= 4 is 11.9 Å². The zero-order valence-electron chi connectivity index (χ0n) is 22.7. The number of aliphatic hydroxyl groups excluding tert-OH is 2. The molecule has 3 atom stereocenters. The van der Waals surface area contributed by atoms with E-state index in [4.69, 9.17) is 19.4 Å². The van der Waals surface area contributed by atoms with Gasteiger partial charge < -0.3 is 30.1 Å². The largest absolute Gasteiger partial charge is 0.493 e. The summed E-state index contributed by atoms with van der Waals surface area (Å²) >= 11 is 0. The van der Waals surface area contributed by atoms with E-state index in [9.17, 15) is 28.2 Å². The minimum Gasteiger partial charge on any atom is -0.493 e. The van der Waals surface area contributed by atoms with E-state index in [2.05, 4.69) is 10.2 Å². The Morgan fingerprint density at radius 3 is 2.15 bits per heavy atom. The molecule has 222 valence electrons.